The largest absolute Gasteiger partial charge is 0.323 e. The Bertz CT molecular complexity index is 1240. The number of amides is 2. The lowest BCUT2D eigenvalue weighted by molar-refractivity contribution is 0.116. The number of likely N-dealkylation sites (tertiary alicyclic amines) is 1. The van der Waals surface area contributed by atoms with Gasteiger partial charge in [-0.1, -0.05) is 21.6 Å². The fourth-order valence-electron chi connectivity index (χ4n) is 5.13. The summed E-state index contributed by atoms with van der Waals surface area (Å²) in [5, 5.41) is 25.5. The first kappa shape index (κ1) is 26.7. The molecule has 0 bridgehead atoms. The highest BCUT2D eigenvalue weighted by Gasteiger charge is 2.39. The van der Waals surface area contributed by atoms with E-state index in [1.165, 1.54) is 16.2 Å². The van der Waals surface area contributed by atoms with Gasteiger partial charge in [-0.05, 0) is 43.7 Å². The summed E-state index contributed by atoms with van der Waals surface area (Å²) in [4.78, 5) is 14.4. The number of hydrogen-bond donors (Lipinski definition) is 2. The molecule has 8 nitrogen and oxygen atoms in total. The minimum atomic E-state index is -1.16. The molecule has 0 spiro atoms. The van der Waals surface area contributed by atoms with Crippen LogP contribution < -0.4 is 10.6 Å². The number of anilines is 1. The van der Waals surface area contributed by atoms with Crippen molar-refractivity contribution in [1.82, 2.24) is 30.6 Å². The molecule has 1 saturated heterocycles. The van der Waals surface area contributed by atoms with Crippen molar-refractivity contribution in [3.63, 3.8) is 0 Å². The summed E-state index contributed by atoms with van der Waals surface area (Å²) >= 11 is 1.51. The number of hydrogen-bond acceptors (Lipinski definition) is 7. The third-order valence-electron chi connectivity index (χ3n) is 6.53. The van der Waals surface area contributed by atoms with E-state index in [2.05, 4.69) is 78.1 Å². The quantitative estimate of drug-likeness (QED) is 0.358. The van der Waals surface area contributed by atoms with E-state index in [4.69, 9.17) is 0 Å². The lowest BCUT2D eigenvalue weighted by Crippen LogP contribution is -2.60. The standard InChI is InChI=1S/C20H30B6FN7OS/c1-9-30-33-16(36-9)10-2-3-13-11(6-10)7-15(32-31-13)29-18(35)34-5-4-14(12(27)8-34)28-17(19(21,22)23)20(24,25)26/h2-3,6-7,12,14,17,28H,4-5,8,21-26H2,1H3,(H,29,32,35)/t12-,14-/m0/s1. The number of aromatic nitrogens is 4. The van der Waals surface area contributed by atoms with E-state index in [0.717, 1.165) is 21.0 Å². The Morgan fingerprint density at radius 1 is 1.11 bits per heavy atom. The Morgan fingerprint density at radius 2 is 1.83 bits per heavy atom. The molecule has 1 fully saturated rings. The SMILES string of the molecule is BC(B)(B)C(N[C@H]1CCN(C(=O)Nc2cc3cc(-c4nnc(C)s4)ccc3nn2)C[C@@H]1F)C(B)(B)B. The van der Waals surface area contributed by atoms with Crippen LogP contribution in [0.5, 0.6) is 0 Å². The average molecular weight is 500 g/mol. The van der Waals surface area contributed by atoms with E-state index in [9.17, 15) is 4.79 Å². The van der Waals surface area contributed by atoms with Crippen LogP contribution in [-0.4, -0.2) is 110 Å². The Kier molecular flexibility index (Phi) is 7.57. The Balaban J connectivity index is 1.41. The number of alkyl halides is 1. The molecule has 0 saturated carbocycles. The van der Waals surface area contributed by atoms with E-state index >= 15 is 4.39 Å². The molecule has 2 amide bonds. The Hall–Kier alpha value is -2.33. The average Bonchev–Trinajstić information content (AvgIpc) is 3.22. The Labute approximate surface area is 220 Å². The smallest absolute Gasteiger partial charge is 0.321 e. The highest BCUT2D eigenvalue weighted by atomic mass is 32.1. The molecule has 4 rings (SSSR count). The fourth-order valence-corrected chi connectivity index (χ4v) is 5.82. The topological polar surface area (TPSA) is 95.9 Å². The molecule has 36 heavy (non-hydrogen) atoms. The molecule has 1 aliphatic rings. The van der Waals surface area contributed by atoms with Gasteiger partial charge in [0, 0.05) is 23.5 Å². The number of halogens is 1. The number of carbonyl (C=O) groups is 1. The first-order valence-corrected chi connectivity index (χ1v) is 13.2. The van der Waals surface area contributed by atoms with Gasteiger partial charge in [0.15, 0.2) is 5.82 Å². The zero-order valence-corrected chi connectivity index (χ0v) is 22.9. The predicted molar refractivity (Wildman–Crippen MR) is 161 cm³/mol. The summed E-state index contributed by atoms with van der Waals surface area (Å²) in [6, 6.07) is 7.00. The maximum absolute atomic E-state index is 15.2. The molecule has 0 aliphatic carbocycles. The number of urea groups is 1. The summed E-state index contributed by atoms with van der Waals surface area (Å²) in [6.07, 6.45) is -0.608. The second-order valence-electron chi connectivity index (χ2n) is 11.7. The van der Waals surface area contributed by atoms with E-state index in [1.807, 2.05) is 25.1 Å². The zero-order valence-electron chi connectivity index (χ0n) is 22.1. The molecule has 16 heteroatoms. The molecule has 3 heterocycles. The van der Waals surface area contributed by atoms with Crippen LogP contribution in [0.1, 0.15) is 11.4 Å². The van der Waals surface area contributed by atoms with E-state index in [-0.39, 0.29) is 34.9 Å². The maximum atomic E-state index is 15.2. The van der Waals surface area contributed by atoms with Crippen LogP contribution in [0.4, 0.5) is 15.0 Å². The zero-order chi connectivity index (χ0) is 26.3. The van der Waals surface area contributed by atoms with Gasteiger partial charge in [0.25, 0.3) is 0 Å². The van der Waals surface area contributed by atoms with Gasteiger partial charge in [0.05, 0.1) is 59.1 Å². The van der Waals surface area contributed by atoms with Gasteiger partial charge in [0.1, 0.15) is 16.2 Å². The van der Waals surface area contributed by atoms with Crippen molar-refractivity contribution in [3.05, 3.63) is 29.3 Å². The van der Waals surface area contributed by atoms with Gasteiger partial charge in [-0.2, -0.15) is 0 Å². The van der Waals surface area contributed by atoms with Crippen molar-refractivity contribution in [2.75, 3.05) is 18.4 Å². The second-order valence-corrected chi connectivity index (χ2v) is 12.9. The highest BCUT2D eigenvalue weighted by Crippen LogP contribution is 2.32. The molecule has 2 atom stereocenters. The molecule has 1 aliphatic heterocycles. The number of fused-ring (bicyclic) bond motifs is 1. The van der Waals surface area contributed by atoms with Gasteiger partial charge in [-0.15, -0.1) is 20.4 Å². The van der Waals surface area contributed by atoms with E-state index in [0.29, 0.717) is 24.3 Å². The Morgan fingerprint density at radius 3 is 2.44 bits per heavy atom. The van der Waals surface area contributed by atoms with Gasteiger partial charge < -0.3 is 10.2 Å². The van der Waals surface area contributed by atoms with Crippen LogP contribution in [0.2, 0.25) is 10.2 Å². The number of aryl methyl sites for hydroxylation is 1. The summed E-state index contributed by atoms with van der Waals surface area (Å²) in [7, 11) is 13.0. The first-order valence-electron chi connectivity index (χ1n) is 12.4. The number of rotatable bonds is 6. The van der Waals surface area contributed by atoms with Crippen LogP contribution in [0.25, 0.3) is 21.5 Å². The molecule has 0 radical (unpaired) electrons. The minimum absolute atomic E-state index is 0.0179. The van der Waals surface area contributed by atoms with Crippen molar-refractivity contribution in [2.24, 2.45) is 0 Å². The fraction of sp³-hybridized carbons (Fsp3) is 0.450. The van der Waals surface area contributed by atoms with Crippen LogP contribution in [0.3, 0.4) is 0 Å². The molecule has 0 unspecified atom stereocenters. The first-order chi connectivity index (χ1) is 16.8. The lowest BCUT2D eigenvalue weighted by atomic mass is 9.27. The number of benzene rings is 1. The second kappa shape index (κ2) is 10.2. The molecule has 2 N–H and O–H groups in total. The normalized spacial score (nSPS) is 19.0. The molecular weight excluding hydrogens is 470 g/mol. The van der Waals surface area contributed by atoms with Crippen LogP contribution in [-0.2, 0) is 0 Å². The van der Waals surface area contributed by atoms with Crippen LogP contribution in [0.15, 0.2) is 24.3 Å². The predicted octanol–water partition coefficient (Wildman–Crippen LogP) is -2.69. The van der Waals surface area contributed by atoms with Gasteiger partial charge in [-0.25, -0.2) is 9.18 Å². The monoisotopic (exact) mass is 501 g/mol. The van der Waals surface area contributed by atoms with Crippen molar-refractivity contribution in [1.29, 1.82) is 0 Å². The lowest BCUT2D eigenvalue weighted by Gasteiger charge is -2.46. The summed E-state index contributed by atoms with van der Waals surface area (Å²) in [5.41, 5.74) is 1.64. The highest BCUT2D eigenvalue weighted by molar-refractivity contribution is 7.14. The molecular formula is C20H30B6FN7OS. The van der Waals surface area contributed by atoms with Crippen LogP contribution >= 0.6 is 11.3 Å². The number of carbonyl (C=O) groups excluding carboxylic acids is 1. The van der Waals surface area contributed by atoms with Gasteiger partial charge in [-0.3, -0.25) is 5.32 Å². The van der Waals surface area contributed by atoms with E-state index in [1.54, 1.807) is 6.07 Å². The molecule has 1 aromatic carbocycles. The van der Waals surface area contributed by atoms with E-state index < -0.39 is 6.17 Å². The van der Waals surface area contributed by atoms with Crippen LogP contribution in [0, 0.1) is 6.92 Å². The molecule has 3 aromatic rings. The number of piperidine rings is 1. The third-order valence-corrected chi connectivity index (χ3v) is 7.42. The number of nitrogens with zero attached hydrogens (tertiary/aromatic N) is 5. The summed E-state index contributed by atoms with van der Waals surface area (Å²) < 4.78 is 15.2. The van der Waals surface area contributed by atoms with Crippen molar-refractivity contribution >= 4 is 81.2 Å². The third kappa shape index (κ3) is 6.14. The molecule has 182 valence electrons. The van der Waals surface area contributed by atoms with Crippen molar-refractivity contribution < 1.29 is 9.18 Å². The van der Waals surface area contributed by atoms with Gasteiger partial charge >= 0.3 is 6.03 Å². The van der Waals surface area contributed by atoms with Gasteiger partial charge in [0.2, 0.25) is 0 Å². The minimum Gasteiger partial charge on any atom is -0.321 e. The molecule has 2 aromatic heterocycles. The summed E-state index contributed by atoms with van der Waals surface area (Å²) in [6.45, 7) is 2.41. The van der Waals surface area contributed by atoms with Crippen molar-refractivity contribution in [2.45, 2.75) is 41.8 Å². The number of nitrogens with one attached hydrogen (secondary N) is 2. The maximum Gasteiger partial charge on any atom is 0.323 e. The summed E-state index contributed by atoms with van der Waals surface area (Å²) in [5.74, 6) is 0.328. The van der Waals surface area contributed by atoms with Crippen molar-refractivity contribution in [3.8, 4) is 10.6 Å².